The molecule has 1 atom stereocenters. The Morgan fingerprint density at radius 2 is 2.00 bits per heavy atom. The van der Waals surface area contributed by atoms with Crippen LogP contribution in [0.5, 0.6) is 5.75 Å². The summed E-state index contributed by atoms with van der Waals surface area (Å²) >= 11 is 3.14. The number of aromatic carboxylic acids is 1. The van der Waals surface area contributed by atoms with Crippen LogP contribution in [0.4, 0.5) is 0 Å². The smallest absolute Gasteiger partial charge is 0.336 e. The molecule has 0 radical (unpaired) electrons. The van der Waals surface area contributed by atoms with Crippen LogP contribution >= 0.6 is 15.9 Å². The lowest BCUT2D eigenvalue weighted by atomic mass is 10.1. The molecule has 0 saturated heterocycles. The summed E-state index contributed by atoms with van der Waals surface area (Å²) in [5, 5.41) is 11.8. The van der Waals surface area contributed by atoms with Gasteiger partial charge in [-0.1, -0.05) is 13.8 Å². The van der Waals surface area contributed by atoms with Crippen LogP contribution < -0.4 is 10.1 Å². The van der Waals surface area contributed by atoms with Crippen molar-refractivity contribution in [3.63, 3.8) is 0 Å². The van der Waals surface area contributed by atoms with Gasteiger partial charge in [0.1, 0.15) is 5.75 Å². The Labute approximate surface area is 126 Å². The largest absolute Gasteiger partial charge is 0.484 e. The number of amides is 1. The molecule has 0 saturated carbocycles. The van der Waals surface area contributed by atoms with Crippen LogP contribution in [0.25, 0.3) is 0 Å². The highest BCUT2D eigenvalue weighted by molar-refractivity contribution is 9.10. The van der Waals surface area contributed by atoms with E-state index in [1.54, 1.807) is 12.1 Å². The lowest BCUT2D eigenvalue weighted by Gasteiger charge is -2.17. The van der Waals surface area contributed by atoms with Crippen molar-refractivity contribution >= 4 is 27.8 Å². The summed E-state index contributed by atoms with van der Waals surface area (Å²) in [6.45, 7) is 5.81. The fourth-order valence-electron chi connectivity index (χ4n) is 1.37. The van der Waals surface area contributed by atoms with Crippen LogP contribution in [-0.2, 0) is 4.79 Å². The van der Waals surface area contributed by atoms with Crippen LogP contribution in [0, 0.1) is 5.92 Å². The molecule has 110 valence electrons. The summed E-state index contributed by atoms with van der Waals surface area (Å²) in [6.07, 6.45) is 0. The van der Waals surface area contributed by atoms with Gasteiger partial charge in [-0.3, -0.25) is 4.79 Å². The van der Waals surface area contributed by atoms with Gasteiger partial charge in [0.15, 0.2) is 6.61 Å². The minimum atomic E-state index is -1.06. The fraction of sp³-hybridized carbons (Fsp3) is 0.429. The molecule has 1 aromatic rings. The number of nitrogens with one attached hydrogen (secondary N) is 1. The lowest BCUT2D eigenvalue weighted by Crippen LogP contribution is -2.38. The molecule has 20 heavy (non-hydrogen) atoms. The molecule has 1 rings (SSSR count). The van der Waals surface area contributed by atoms with Crippen LogP contribution in [0.1, 0.15) is 31.1 Å². The van der Waals surface area contributed by atoms with Crippen LogP contribution in [0.3, 0.4) is 0 Å². The van der Waals surface area contributed by atoms with E-state index in [4.69, 9.17) is 9.84 Å². The van der Waals surface area contributed by atoms with E-state index < -0.39 is 5.97 Å². The molecule has 0 aliphatic rings. The highest BCUT2D eigenvalue weighted by atomic mass is 79.9. The van der Waals surface area contributed by atoms with Crippen LogP contribution in [-0.4, -0.2) is 29.6 Å². The van der Waals surface area contributed by atoms with Crippen molar-refractivity contribution < 1.29 is 19.4 Å². The minimum Gasteiger partial charge on any atom is -0.484 e. The third kappa shape index (κ3) is 4.85. The van der Waals surface area contributed by atoms with E-state index in [1.807, 2.05) is 20.8 Å². The average Bonchev–Trinajstić information content (AvgIpc) is 2.37. The van der Waals surface area contributed by atoms with Crippen molar-refractivity contribution in [2.75, 3.05) is 6.61 Å². The molecule has 0 heterocycles. The fourth-order valence-corrected chi connectivity index (χ4v) is 1.79. The van der Waals surface area contributed by atoms with Gasteiger partial charge in [-0.25, -0.2) is 4.79 Å². The summed E-state index contributed by atoms with van der Waals surface area (Å²) < 4.78 is 5.77. The van der Waals surface area contributed by atoms with Crippen molar-refractivity contribution in [1.82, 2.24) is 5.32 Å². The third-order valence-corrected chi connectivity index (χ3v) is 3.62. The van der Waals surface area contributed by atoms with Gasteiger partial charge in [0.05, 0.1) is 5.56 Å². The predicted octanol–water partition coefficient (Wildman–Crippen LogP) is 2.69. The number of carboxylic acid groups (broad SMARTS) is 1. The van der Waals surface area contributed by atoms with Gasteiger partial charge in [-0.2, -0.15) is 0 Å². The van der Waals surface area contributed by atoms with E-state index in [-0.39, 0.29) is 24.1 Å². The molecule has 6 heteroatoms. The molecule has 0 fully saturated rings. The molecule has 0 aliphatic carbocycles. The van der Waals surface area contributed by atoms with Crippen molar-refractivity contribution in [2.45, 2.75) is 26.8 Å². The highest BCUT2D eigenvalue weighted by Crippen LogP contribution is 2.22. The molecular formula is C14H18BrNO4. The van der Waals surface area contributed by atoms with Gasteiger partial charge in [-0.05, 0) is 47.0 Å². The Morgan fingerprint density at radius 3 is 2.55 bits per heavy atom. The van der Waals surface area contributed by atoms with Crippen molar-refractivity contribution in [3.05, 3.63) is 28.2 Å². The first kappa shape index (κ1) is 16.5. The van der Waals surface area contributed by atoms with Crippen molar-refractivity contribution in [2.24, 2.45) is 5.92 Å². The maximum atomic E-state index is 11.7. The van der Waals surface area contributed by atoms with E-state index >= 15 is 0 Å². The van der Waals surface area contributed by atoms with E-state index in [2.05, 4.69) is 21.2 Å². The maximum absolute atomic E-state index is 11.7. The lowest BCUT2D eigenvalue weighted by molar-refractivity contribution is -0.124. The van der Waals surface area contributed by atoms with E-state index in [0.29, 0.717) is 16.1 Å². The summed E-state index contributed by atoms with van der Waals surface area (Å²) in [7, 11) is 0. The topological polar surface area (TPSA) is 75.6 Å². The number of halogens is 1. The molecule has 0 aliphatic heterocycles. The second-order valence-electron chi connectivity index (χ2n) is 4.84. The normalized spacial score (nSPS) is 12.1. The van der Waals surface area contributed by atoms with Gasteiger partial charge < -0.3 is 15.2 Å². The number of rotatable bonds is 6. The Hall–Kier alpha value is -1.56. The minimum absolute atomic E-state index is 0.0607. The van der Waals surface area contributed by atoms with Crippen molar-refractivity contribution in [1.29, 1.82) is 0 Å². The third-order valence-electron chi connectivity index (χ3n) is 2.93. The summed E-state index contributed by atoms with van der Waals surface area (Å²) in [5.74, 6) is -0.602. The van der Waals surface area contributed by atoms with Crippen molar-refractivity contribution in [3.8, 4) is 5.75 Å². The number of carbonyl (C=O) groups excluding carboxylic acids is 1. The molecule has 1 aromatic carbocycles. The number of hydrogen-bond donors (Lipinski definition) is 2. The number of ether oxygens (including phenoxy) is 1. The van der Waals surface area contributed by atoms with E-state index in [0.717, 1.165) is 0 Å². The number of carbonyl (C=O) groups is 2. The molecule has 1 amide bonds. The summed E-state index contributed by atoms with van der Waals surface area (Å²) in [4.78, 5) is 22.6. The molecular weight excluding hydrogens is 326 g/mol. The van der Waals surface area contributed by atoms with Crippen LogP contribution in [0.2, 0.25) is 0 Å². The summed E-state index contributed by atoms with van der Waals surface area (Å²) in [6, 6.07) is 4.62. The molecule has 0 spiro atoms. The first-order chi connectivity index (χ1) is 9.31. The first-order valence-corrected chi connectivity index (χ1v) is 7.05. The second kappa shape index (κ2) is 7.28. The van der Waals surface area contributed by atoms with E-state index in [9.17, 15) is 9.59 Å². The van der Waals surface area contributed by atoms with Gasteiger partial charge in [-0.15, -0.1) is 0 Å². The van der Waals surface area contributed by atoms with E-state index in [1.165, 1.54) is 6.07 Å². The van der Waals surface area contributed by atoms with Crippen LogP contribution in [0.15, 0.2) is 22.7 Å². The Kier molecular flexibility index (Phi) is 6.01. The SMILES string of the molecule is CC(C)C(C)NC(=O)COc1ccc(Br)c(C(=O)O)c1. The maximum Gasteiger partial charge on any atom is 0.336 e. The Balaban J connectivity index is 2.60. The Bertz CT molecular complexity index is 502. The van der Waals surface area contributed by atoms with Gasteiger partial charge >= 0.3 is 5.97 Å². The quantitative estimate of drug-likeness (QED) is 0.832. The first-order valence-electron chi connectivity index (χ1n) is 6.26. The zero-order chi connectivity index (χ0) is 15.3. The zero-order valence-corrected chi connectivity index (χ0v) is 13.2. The van der Waals surface area contributed by atoms with Gasteiger partial charge in [0.2, 0.25) is 0 Å². The standard InChI is InChI=1S/C14H18BrNO4/c1-8(2)9(3)16-13(17)7-20-10-4-5-12(15)11(6-10)14(18)19/h4-6,8-9H,7H2,1-3H3,(H,16,17)(H,18,19). The molecule has 5 nitrogen and oxygen atoms in total. The second-order valence-corrected chi connectivity index (χ2v) is 5.69. The molecule has 1 unspecified atom stereocenters. The molecule has 0 bridgehead atoms. The number of carboxylic acids is 1. The Morgan fingerprint density at radius 1 is 1.35 bits per heavy atom. The van der Waals surface area contributed by atoms with Gasteiger partial charge in [0, 0.05) is 10.5 Å². The molecule has 2 N–H and O–H groups in total. The number of benzene rings is 1. The predicted molar refractivity (Wildman–Crippen MR) is 79.0 cm³/mol. The molecule has 0 aromatic heterocycles. The monoisotopic (exact) mass is 343 g/mol. The zero-order valence-electron chi connectivity index (χ0n) is 11.6. The number of hydrogen-bond acceptors (Lipinski definition) is 3. The summed E-state index contributed by atoms with van der Waals surface area (Å²) in [5.41, 5.74) is 0.0958. The highest BCUT2D eigenvalue weighted by Gasteiger charge is 2.13. The van der Waals surface area contributed by atoms with Gasteiger partial charge in [0.25, 0.3) is 5.91 Å². The average molecular weight is 344 g/mol.